The van der Waals surface area contributed by atoms with Crippen molar-refractivity contribution in [3.8, 4) is 5.75 Å². The zero-order chi connectivity index (χ0) is 15.4. The highest BCUT2D eigenvalue weighted by Gasteiger charge is 2.31. The van der Waals surface area contributed by atoms with Crippen molar-refractivity contribution in [1.82, 2.24) is 9.88 Å². The fourth-order valence-corrected chi connectivity index (χ4v) is 3.14. The first-order valence-corrected chi connectivity index (χ1v) is 7.71. The van der Waals surface area contributed by atoms with E-state index < -0.39 is 0 Å². The fraction of sp³-hybridized carbons (Fsp3) is 0.389. The maximum Gasteiger partial charge on any atom is 0.119 e. The molecule has 4 nitrogen and oxygen atoms in total. The fourth-order valence-electron chi connectivity index (χ4n) is 3.14. The van der Waals surface area contributed by atoms with E-state index in [1.165, 1.54) is 11.1 Å². The van der Waals surface area contributed by atoms with E-state index in [1.54, 1.807) is 7.11 Å². The molecular formula is C18H22N2O2. The largest absolute Gasteiger partial charge is 0.497 e. The zero-order valence-corrected chi connectivity index (χ0v) is 12.9. The van der Waals surface area contributed by atoms with Crippen molar-refractivity contribution in [2.24, 2.45) is 0 Å². The van der Waals surface area contributed by atoms with Crippen molar-refractivity contribution in [1.29, 1.82) is 0 Å². The lowest BCUT2D eigenvalue weighted by molar-refractivity contribution is 0.175. The molecule has 1 aromatic heterocycles. The Hall–Kier alpha value is -1.91. The van der Waals surface area contributed by atoms with Gasteiger partial charge < -0.3 is 9.84 Å². The van der Waals surface area contributed by atoms with E-state index in [4.69, 9.17) is 4.74 Å². The van der Waals surface area contributed by atoms with Crippen LogP contribution in [-0.4, -0.2) is 41.3 Å². The minimum absolute atomic E-state index is 0.256. The van der Waals surface area contributed by atoms with Crippen LogP contribution in [0.1, 0.15) is 23.6 Å². The Morgan fingerprint density at radius 2 is 2.09 bits per heavy atom. The van der Waals surface area contributed by atoms with Gasteiger partial charge in [-0.3, -0.25) is 9.88 Å². The van der Waals surface area contributed by atoms with Crippen molar-refractivity contribution in [3.05, 3.63) is 59.9 Å². The molecular weight excluding hydrogens is 276 g/mol. The predicted molar refractivity (Wildman–Crippen MR) is 85.9 cm³/mol. The summed E-state index contributed by atoms with van der Waals surface area (Å²) < 4.78 is 5.32. The number of hydrogen-bond acceptors (Lipinski definition) is 4. The number of aliphatic hydroxyl groups is 1. The Bertz CT molecular complexity index is 603. The summed E-state index contributed by atoms with van der Waals surface area (Å²) in [5.41, 5.74) is 2.49. The SMILES string of the molecule is COc1cccc([C@H]2C[C@@H](O)CN2CCc2ccncc2)c1. The number of aromatic nitrogens is 1. The van der Waals surface area contributed by atoms with Gasteiger partial charge in [-0.05, 0) is 48.2 Å². The predicted octanol–water partition coefficient (Wildman–Crippen LogP) is 2.44. The number of pyridine rings is 1. The van der Waals surface area contributed by atoms with Crippen molar-refractivity contribution in [2.45, 2.75) is 25.0 Å². The Balaban J connectivity index is 1.71. The number of nitrogens with zero attached hydrogens (tertiary/aromatic N) is 2. The van der Waals surface area contributed by atoms with E-state index >= 15 is 0 Å². The highest BCUT2D eigenvalue weighted by molar-refractivity contribution is 5.31. The van der Waals surface area contributed by atoms with Crippen molar-refractivity contribution in [2.75, 3.05) is 20.2 Å². The molecule has 0 unspecified atom stereocenters. The first-order chi connectivity index (χ1) is 10.8. The van der Waals surface area contributed by atoms with Crippen LogP contribution in [0.25, 0.3) is 0 Å². The second kappa shape index (κ2) is 6.90. The van der Waals surface area contributed by atoms with Gasteiger partial charge in [0, 0.05) is 31.5 Å². The molecule has 0 bridgehead atoms. The van der Waals surface area contributed by atoms with Crippen LogP contribution < -0.4 is 4.74 Å². The summed E-state index contributed by atoms with van der Waals surface area (Å²) in [6.07, 6.45) is 5.15. The molecule has 2 aromatic rings. The summed E-state index contributed by atoms with van der Waals surface area (Å²) >= 11 is 0. The van der Waals surface area contributed by atoms with Crippen LogP contribution in [0.5, 0.6) is 5.75 Å². The lowest BCUT2D eigenvalue weighted by Crippen LogP contribution is -2.27. The standard InChI is InChI=1S/C18H22N2O2/c1-22-17-4-2-3-15(11-17)18-12-16(21)13-20(18)10-7-14-5-8-19-9-6-14/h2-6,8-9,11,16,18,21H,7,10,12-13H2,1H3/t16-,18-/m1/s1. The number of benzene rings is 1. The summed E-state index contributed by atoms with van der Waals surface area (Å²) in [7, 11) is 1.68. The zero-order valence-electron chi connectivity index (χ0n) is 12.9. The summed E-state index contributed by atoms with van der Waals surface area (Å²) in [6.45, 7) is 1.66. The molecule has 1 fully saturated rings. The van der Waals surface area contributed by atoms with E-state index in [9.17, 15) is 5.11 Å². The van der Waals surface area contributed by atoms with Gasteiger partial charge in [-0.2, -0.15) is 0 Å². The molecule has 116 valence electrons. The van der Waals surface area contributed by atoms with Gasteiger partial charge in [0.2, 0.25) is 0 Å². The molecule has 1 saturated heterocycles. The van der Waals surface area contributed by atoms with E-state index in [0.717, 1.165) is 31.7 Å². The number of methoxy groups -OCH3 is 1. The Morgan fingerprint density at radius 1 is 1.27 bits per heavy atom. The quantitative estimate of drug-likeness (QED) is 0.921. The first kappa shape index (κ1) is 15.0. The molecule has 1 aromatic carbocycles. The molecule has 1 N–H and O–H groups in total. The van der Waals surface area contributed by atoms with Crippen LogP contribution in [0.3, 0.4) is 0 Å². The minimum atomic E-state index is -0.256. The van der Waals surface area contributed by atoms with Crippen molar-refractivity contribution >= 4 is 0 Å². The monoisotopic (exact) mass is 298 g/mol. The topological polar surface area (TPSA) is 45.6 Å². The van der Waals surface area contributed by atoms with Crippen molar-refractivity contribution < 1.29 is 9.84 Å². The Labute approximate surface area is 131 Å². The van der Waals surface area contributed by atoms with Gasteiger partial charge in [-0.1, -0.05) is 12.1 Å². The lowest BCUT2D eigenvalue weighted by Gasteiger charge is -2.24. The Kier molecular flexibility index (Phi) is 4.71. The van der Waals surface area contributed by atoms with Gasteiger partial charge in [0.05, 0.1) is 13.2 Å². The number of aliphatic hydroxyl groups excluding tert-OH is 1. The van der Waals surface area contributed by atoms with Gasteiger partial charge in [-0.15, -0.1) is 0 Å². The molecule has 2 heterocycles. The second-order valence-electron chi connectivity index (χ2n) is 5.78. The average Bonchev–Trinajstić information content (AvgIpc) is 2.95. The van der Waals surface area contributed by atoms with Crippen LogP contribution >= 0.6 is 0 Å². The van der Waals surface area contributed by atoms with Gasteiger partial charge >= 0.3 is 0 Å². The van der Waals surface area contributed by atoms with E-state index in [0.29, 0.717) is 0 Å². The number of β-amino-alcohol motifs (C(OH)–C–C–N with tert-alkyl or cyclic N) is 1. The second-order valence-corrected chi connectivity index (χ2v) is 5.78. The molecule has 0 radical (unpaired) electrons. The summed E-state index contributed by atoms with van der Waals surface area (Å²) in [6, 6.07) is 12.5. The molecule has 4 heteroatoms. The summed E-state index contributed by atoms with van der Waals surface area (Å²) in [4.78, 5) is 6.41. The van der Waals surface area contributed by atoms with E-state index in [-0.39, 0.29) is 12.1 Å². The highest BCUT2D eigenvalue weighted by Crippen LogP contribution is 2.33. The van der Waals surface area contributed by atoms with Crippen LogP contribution in [0.2, 0.25) is 0 Å². The van der Waals surface area contributed by atoms with Crippen LogP contribution in [0.15, 0.2) is 48.8 Å². The van der Waals surface area contributed by atoms with Gasteiger partial charge in [0.15, 0.2) is 0 Å². The molecule has 0 saturated carbocycles. The van der Waals surface area contributed by atoms with Crippen LogP contribution in [-0.2, 0) is 6.42 Å². The average molecular weight is 298 g/mol. The molecule has 1 aliphatic heterocycles. The molecule has 0 amide bonds. The Morgan fingerprint density at radius 3 is 2.86 bits per heavy atom. The van der Waals surface area contributed by atoms with Gasteiger partial charge in [0.25, 0.3) is 0 Å². The highest BCUT2D eigenvalue weighted by atomic mass is 16.5. The van der Waals surface area contributed by atoms with Crippen LogP contribution in [0.4, 0.5) is 0 Å². The third-order valence-corrected chi connectivity index (χ3v) is 4.30. The van der Waals surface area contributed by atoms with Crippen molar-refractivity contribution in [3.63, 3.8) is 0 Å². The maximum atomic E-state index is 10.1. The smallest absolute Gasteiger partial charge is 0.119 e. The van der Waals surface area contributed by atoms with Gasteiger partial charge in [-0.25, -0.2) is 0 Å². The van der Waals surface area contributed by atoms with E-state index in [1.807, 2.05) is 36.7 Å². The number of ether oxygens (including phenoxy) is 1. The van der Waals surface area contributed by atoms with Crippen LogP contribution in [0, 0.1) is 0 Å². The number of hydrogen-bond donors (Lipinski definition) is 1. The molecule has 0 spiro atoms. The van der Waals surface area contributed by atoms with E-state index in [2.05, 4.69) is 22.0 Å². The normalized spacial score (nSPS) is 21.9. The van der Waals surface area contributed by atoms with Gasteiger partial charge in [0.1, 0.15) is 5.75 Å². The first-order valence-electron chi connectivity index (χ1n) is 7.71. The molecule has 0 aliphatic carbocycles. The lowest BCUT2D eigenvalue weighted by atomic mass is 10.0. The summed E-state index contributed by atoms with van der Waals surface area (Å²) in [5, 5.41) is 10.1. The number of rotatable bonds is 5. The molecule has 2 atom stereocenters. The molecule has 22 heavy (non-hydrogen) atoms. The minimum Gasteiger partial charge on any atom is -0.497 e. The summed E-state index contributed by atoms with van der Waals surface area (Å²) in [5.74, 6) is 0.868. The molecule has 1 aliphatic rings. The third kappa shape index (κ3) is 3.46. The molecule has 3 rings (SSSR count). The third-order valence-electron chi connectivity index (χ3n) is 4.30. The maximum absolute atomic E-state index is 10.1. The number of likely N-dealkylation sites (tertiary alicyclic amines) is 1.